The van der Waals surface area contributed by atoms with Crippen molar-refractivity contribution in [1.29, 1.82) is 0 Å². The van der Waals surface area contributed by atoms with Gasteiger partial charge >= 0.3 is 6.09 Å². The number of benzene rings is 2. The minimum absolute atomic E-state index is 0.213. The Morgan fingerprint density at radius 3 is 2.10 bits per heavy atom. The molecule has 1 atom stereocenters. The number of hydrogen-bond acceptors (Lipinski definition) is 4. The molecule has 0 spiro atoms. The molecule has 2 rings (SSSR count). The fourth-order valence-electron chi connectivity index (χ4n) is 2.53. The third-order valence-electron chi connectivity index (χ3n) is 3.77. The number of carbonyl (C=O) groups is 3. The van der Waals surface area contributed by atoms with E-state index in [9.17, 15) is 14.4 Å². The summed E-state index contributed by atoms with van der Waals surface area (Å²) in [6, 6.07) is 17.4. The predicted octanol–water partition coefficient (Wildman–Crippen LogP) is 2.88. The Labute approximate surface area is 170 Å². The lowest BCUT2D eigenvalue weighted by molar-refractivity contribution is -0.125. The molecule has 2 aromatic rings. The van der Waals surface area contributed by atoms with Crippen LogP contribution in [0, 0.1) is 0 Å². The van der Waals surface area contributed by atoms with Gasteiger partial charge in [-0.1, -0.05) is 48.5 Å². The number of nitrogens with one attached hydrogen (secondary N) is 3. The molecule has 1 unspecified atom stereocenters. The van der Waals surface area contributed by atoms with Gasteiger partial charge in [0.2, 0.25) is 11.8 Å². The first kappa shape index (κ1) is 21.9. The molecule has 0 saturated carbocycles. The minimum Gasteiger partial charge on any atom is -0.444 e. The minimum atomic E-state index is -0.878. The number of rotatable bonds is 7. The molecule has 0 bridgehead atoms. The molecule has 0 aliphatic heterocycles. The van der Waals surface area contributed by atoms with Crippen LogP contribution in [0.1, 0.15) is 26.3 Å². The Bertz CT molecular complexity index is 817. The van der Waals surface area contributed by atoms with Crippen LogP contribution in [0.25, 0.3) is 0 Å². The zero-order valence-corrected chi connectivity index (χ0v) is 16.9. The lowest BCUT2D eigenvalue weighted by Crippen LogP contribution is -2.50. The van der Waals surface area contributed by atoms with Crippen LogP contribution in [0.15, 0.2) is 60.7 Å². The molecule has 2 aromatic carbocycles. The first-order valence-electron chi connectivity index (χ1n) is 9.39. The topological polar surface area (TPSA) is 96.5 Å². The summed E-state index contributed by atoms with van der Waals surface area (Å²) in [6.07, 6.45) is -0.422. The number of carbonyl (C=O) groups excluding carboxylic acids is 3. The molecule has 0 saturated heterocycles. The molecule has 154 valence electrons. The summed E-state index contributed by atoms with van der Waals surface area (Å²) in [5.74, 6) is -0.830. The van der Waals surface area contributed by atoms with Gasteiger partial charge in [0.1, 0.15) is 11.6 Å². The lowest BCUT2D eigenvalue weighted by Gasteiger charge is -2.23. The first-order valence-corrected chi connectivity index (χ1v) is 9.39. The normalized spacial score (nSPS) is 11.8. The molecule has 3 N–H and O–H groups in total. The second kappa shape index (κ2) is 10.3. The summed E-state index contributed by atoms with van der Waals surface area (Å²) in [5, 5.41) is 7.85. The maximum absolute atomic E-state index is 12.6. The molecular formula is C22H27N3O4. The van der Waals surface area contributed by atoms with Gasteiger partial charge in [-0.3, -0.25) is 9.59 Å². The third kappa shape index (κ3) is 8.47. The zero-order valence-electron chi connectivity index (χ0n) is 16.9. The highest BCUT2D eigenvalue weighted by atomic mass is 16.6. The Morgan fingerprint density at radius 2 is 1.52 bits per heavy atom. The molecule has 7 nitrogen and oxygen atoms in total. The number of amides is 3. The SMILES string of the molecule is CC(C)(C)OC(=O)NC(Cc1ccccc1)C(=O)NCC(=O)Nc1ccccc1. The maximum Gasteiger partial charge on any atom is 0.408 e. The average Bonchev–Trinajstić information content (AvgIpc) is 2.66. The van der Waals surface area contributed by atoms with Gasteiger partial charge in [-0.05, 0) is 38.5 Å². The van der Waals surface area contributed by atoms with Crippen LogP contribution >= 0.6 is 0 Å². The van der Waals surface area contributed by atoms with E-state index in [2.05, 4.69) is 16.0 Å². The molecule has 29 heavy (non-hydrogen) atoms. The van der Waals surface area contributed by atoms with E-state index in [4.69, 9.17) is 4.74 Å². The summed E-state index contributed by atoms with van der Waals surface area (Å²) in [4.78, 5) is 36.9. The van der Waals surface area contributed by atoms with E-state index in [0.29, 0.717) is 5.69 Å². The van der Waals surface area contributed by atoms with E-state index in [1.807, 2.05) is 36.4 Å². The molecular weight excluding hydrogens is 370 g/mol. The molecule has 0 aromatic heterocycles. The van der Waals surface area contributed by atoms with Crippen LogP contribution in [-0.4, -0.2) is 36.1 Å². The molecule has 0 fully saturated rings. The monoisotopic (exact) mass is 397 g/mol. The van der Waals surface area contributed by atoms with Crippen LogP contribution in [0.4, 0.5) is 10.5 Å². The quantitative estimate of drug-likeness (QED) is 0.669. The van der Waals surface area contributed by atoms with Crippen molar-refractivity contribution in [3.63, 3.8) is 0 Å². The second-order valence-electron chi connectivity index (χ2n) is 7.52. The van der Waals surface area contributed by atoms with Crippen molar-refractivity contribution in [2.24, 2.45) is 0 Å². The van der Waals surface area contributed by atoms with E-state index in [0.717, 1.165) is 5.56 Å². The Hall–Kier alpha value is -3.35. The van der Waals surface area contributed by atoms with Crippen molar-refractivity contribution < 1.29 is 19.1 Å². The Balaban J connectivity index is 1.97. The van der Waals surface area contributed by atoms with Crippen LogP contribution in [0.5, 0.6) is 0 Å². The van der Waals surface area contributed by atoms with Gasteiger partial charge in [0.05, 0.1) is 6.54 Å². The third-order valence-corrected chi connectivity index (χ3v) is 3.77. The van der Waals surface area contributed by atoms with Crippen LogP contribution in [-0.2, 0) is 20.7 Å². The van der Waals surface area contributed by atoms with Gasteiger partial charge in [0, 0.05) is 12.1 Å². The highest BCUT2D eigenvalue weighted by molar-refractivity contribution is 5.95. The van der Waals surface area contributed by atoms with Crippen molar-refractivity contribution in [3.8, 4) is 0 Å². The maximum atomic E-state index is 12.6. The van der Waals surface area contributed by atoms with Crippen molar-refractivity contribution >= 4 is 23.6 Å². The van der Waals surface area contributed by atoms with Crippen molar-refractivity contribution in [2.45, 2.75) is 38.8 Å². The number of hydrogen-bond donors (Lipinski definition) is 3. The molecule has 7 heteroatoms. The molecule has 0 aliphatic rings. The number of ether oxygens (including phenoxy) is 1. The fraction of sp³-hybridized carbons (Fsp3) is 0.318. The Kier molecular flexibility index (Phi) is 7.77. The van der Waals surface area contributed by atoms with Crippen molar-refractivity contribution in [1.82, 2.24) is 10.6 Å². The summed E-state index contributed by atoms with van der Waals surface area (Å²) >= 11 is 0. The lowest BCUT2D eigenvalue weighted by atomic mass is 10.1. The predicted molar refractivity (Wildman–Crippen MR) is 111 cm³/mol. The first-order chi connectivity index (χ1) is 13.7. The smallest absolute Gasteiger partial charge is 0.408 e. The number of alkyl carbamates (subject to hydrolysis) is 1. The summed E-state index contributed by atoms with van der Waals surface area (Å²) < 4.78 is 5.25. The molecule has 0 aliphatic carbocycles. The van der Waals surface area contributed by atoms with Gasteiger partial charge in [0.25, 0.3) is 0 Å². The van der Waals surface area contributed by atoms with Gasteiger partial charge in [-0.15, -0.1) is 0 Å². The van der Waals surface area contributed by atoms with E-state index in [1.165, 1.54) is 0 Å². The van der Waals surface area contributed by atoms with Gasteiger partial charge in [-0.25, -0.2) is 4.79 Å². The number of anilines is 1. The van der Waals surface area contributed by atoms with Gasteiger partial charge in [-0.2, -0.15) is 0 Å². The highest BCUT2D eigenvalue weighted by Crippen LogP contribution is 2.09. The summed E-state index contributed by atoms with van der Waals surface area (Å²) in [6.45, 7) is 5.02. The second-order valence-corrected chi connectivity index (χ2v) is 7.52. The van der Waals surface area contributed by atoms with E-state index < -0.39 is 23.6 Å². The highest BCUT2D eigenvalue weighted by Gasteiger charge is 2.25. The van der Waals surface area contributed by atoms with E-state index in [1.54, 1.807) is 45.0 Å². The molecule has 0 radical (unpaired) electrons. The Morgan fingerprint density at radius 1 is 0.931 bits per heavy atom. The van der Waals surface area contributed by atoms with Gasteiger partial charge in [0.15, 0.2) is 0 Å². The van der Waals surface area contributed by atoms with E-state index in [-0.39, 0.29) is 18.9 Å². The summed E-state index contributed by atoms with van der Waals surface area (Å²) in [7, 11) is 0. The van der Waals surface area contributed by atoms with Crippen molar-refractivity contribution in [2.75, 3.05) is 11.9 Å². The fourth-order valence-corrected chi connectivity index (χ4v) is 2.53. The van der Waals surface area contributed by atoms with Crippen LogP contribution in [0.3, 0.4) is 0 Å². The number of para-hydroxylation sites is 1. The molecule has 3 amide bonds. The van der Waals surface area contributed by atoms with Gasteiger partial charge < -0.3 is 20.7 Å². The molecule has 0 heterocycles. The van der Waals surface area contributed by atoms with Crippen LogP contribution in [0.2, 0.25) is 0 Å². The van der Waals surface area contributed by atoms with Crippen molar-refractivity contribution in [3.05, 3.63) is 66.2 Å². The largest absolute Gasteiger partial charge is 0.444 e. The summed E-state index contributed by atoms with van der Waals surface area (Å²) in [5.41, 5.74) is 0.824. The zero-order chi connectivity index (χ0) is 21.3. The standard InChI is InChI=1S/C22H27N3O4/c1-22(2,3)29-21(28)25-18(14-16-10-6-4-7-11-16)20(27)23-15-19(26)24-17-12-8-5-9-13-17/h4-13,18H,14-15H2,1-3H3,(H,23,27)(H,24,26)(H,25,28). The van der Waals surface area contributed by atoms with E-state index >= 15 is 0 Å². The average molecular weight is 397 g/mol. The van der Waals surface area contributed by atoms with Crippen LogP contribution < -0.4 is 16.0 Å².